The second-order valence-corrected chi connectivity index (χ2v) is 6.47. The van der Waals surface area contributed by atoms with Gasteiger partial charge < -0.3 is 15.8 Å². The third-order valence-electron chi connectivity index (χ3n) is 4.43. The molecule has 0 aliphatic carbocycles. The predicted octanol–water partition coefficient (Wildman–Crippen LogP) is 2.72. The van der Waals surface area contributed by atoms with Gasteiger partial charge in [0.1, 0.15) is 11.8 Å². The van der Waals surface area contributed by atoms with E-state index in [0.717, 1.165) is 22.5 Å². The van der Waals surface area contributed by atoms with Crippen LogP contribution in [0.25, 0.3) is 5.52 Å². The van der Waals surface area contributed by atoms with Crippen LogP contribution < -0.4 is 11.1 Å². The van der Waals surface area contributed by atoms with Gasteiger partial charge >= 0.3 is 0 Å². The van der Waals surface area contributed by atoms with Crippen LogP contribution in [0.3, 0.4) is 0 Å². The standard InChI is InChI=1S/C18H19N5O2/c1-10(2)15-6-14(16-17(19)20-9-21-23(15)16)18(24)22-13-4-3-11-7-25-8-12(11)5-13/h3-6,9-10H,7-8H2,1-2H3,(H,22,24)(H2,19,20,21). The van der Waals surface area contributed by atoms with E-state index in [-0.39, 0.29) is 17.6 Å². The summed E-state index contributed by atoms with van der Waals surface area (Å²) in [5.74, 6) is 0.250. The van der Waals surface area contributed by atoms with Gasteiger partial charge in [0.05, 0.1) is 18.8 Å². The Bertz CT molecular complexity index is 977. The van der Waals surface area contributed by atoms with Crippen LogP contribution in [-0.4, -0.2) is 20.5 Å². The molecule has 0 saturated carbocycles. The molecule has 3 heterocycles. The van der Waals surface area contributed by atoms with Crippen LogP contribution in [0, 0.1) is 0 Å². The quantitative estimate of drug-likeness (QED) is 0.766. The molecule has 0 saturated heterocycles. The van der Waals surface area contributed by atoms with Gasteiger partial charge in [-0.3, -0.25) is 4.79 Å². The normalized spacial score (nSPS) is 13.4. The Kier molecular flexibility index (Phi) is 3.65. The summed E-state index contributed by atoms with van der Waals surface area (Å²) in [4.78, 5) is 16.9. The number of rotatable bonds is 3. The van der Waals surface area contributed by atoms with Crippen LogP contribution in [0.4, 0.5) is 11.5 Å². The van der Waals surface area contributed by atoms with Crippen molar-refractivity contribution >= 4 is 22.9 Å². The summed E-state index contributed by atoms with van der Waals surface area (Å²) in [6.07, 6.45) is 1.40. The fraction of sp³-hybridized carbons (Fsp3) is 0.278. The van der Waals surface area contributed by atoms with E-state index in [1.807, 2.05) is 38.1 Å². The van der Waals surface area contributed by atoms with Crippen LogP contribution in [0.2, 0.25) is 0 Å². The Balaban J connectivity index is 1.73. The maximum Gasteiger partial charge on any atom is 0.258 e. The van der Waals surface area contributed by atoms with Crippen molar-refractivity contribution in [2.45, 2.75) is 33.0 Å². The Morgan fingerprint density at radius 3 is 2.88 bits per heavy atom. The molecule has 1 aromatic carbocycles. The average Bonchev–Trinajstić information content (AvgIpc) is 3.19. The number of benzene rings is 1. The number of nitrogen functional groups attached to an aromatic ring is 1. The number of nitrogens with one attached hydrogen (secondary N) is 1. The summed E-state index contributed by atoms with van der Waals surface area (Å²) in [6, 6.07) is 7.64. The monoisotopic (exact) mass is 337 g/mol. The lowest BCUT2D eigenvalue weighted by Crippen LogP contribution is -2.13. The summed E-state index contributed by atoms with van der Waals surface area (Å²) in [5, 5.41) is 7.19. The molecule has 3 N–H and O–H groups in total. The van der Waals surface area contributed by atoms with Gasteiger partial charge in [-0.15, -0.1) is 0 Å². The molecule has 3 aromatic rings. The number of anilines is 2. The van der Waals surface area contributed by atoms with E-state index < -0.39 is 0 Å². The third kappa shape index (κ3) is 2.62. The molecular formula is C18H19N5O2. The first-order chi connectivity index (χ1) is 12.0. The topological polar surface area (TPSA) is 94.5 Å². The fourth-order valence-corrected chi connectivity index (χ4v) is 3.12. The Morgan fingerprint density at radius 1 is 1.28 bits per heavy atom. The zero-order chi connectivity index (χ0) is 17.6. The van der Waals surface area contributed by atoms with E-state index >= 15 is 0 Å². The lowest BCUT2D eigenvalue weighted by molar-refractivity contribution is 0.102. The number of carbonyl (C=O) groups excluding carboxylic acids is 1. The van der Waals surface area contributed by atoms with E-state index in [4.69, 9.17) is 10.5 Å². The number of fused-ring (bicyclic) bond motifs is 2. The lowest BCUT2D eigenvalue weighted by atomic mass is 10.1. The van der Waals surface area contributed by atoms with Gasteiger partial charge in [0.2, 0.25) is 0 Å². The second-order valence-electron chi connectivity index (χ2n) is 6.47. The molecule has 0 atom stereocenters. The van der Waals surface area contributed by atoms with Gasteiger partial charge in [0.15, 0.2) is 5.82 Å². The van der Waals surface area contributed by atoms with Crippen LogP contribution in [0.1, 0.15) is 46.9 Å². The Labute approximate surface area is 144 Å². The molecule has 0 unspecified atom stereocenters. The van der Waals surface area contributed by atoms with Gasteiger partial charge in [0.25, 0.3) is 5.91 Å². The summed E-state index contributed by atoms with van der Waals surface area (Å²) >= 11 is 0. The molecule has 0 bridgehead atoms. The van der Waals surface area contributed by atoms with E-state index in [2.05, 4.69) is 15.4 Å². The first-order valence-electron chi connectivity index (χ1n) is 8.17. The molecule has 7 nitrogen and oxygen atoms in total. The van der Waals surface area contributed by atoms with Crippen molar-refractivity contribution in [3.8, 4) is 0 Å². The molecule has 4 rings (SSSR count). The molecule has 1 aliphatic rings. The Morgan fingerprint density at radius 2 is 2.08 bits per heavy atom. The Hall–Kier alpha value is -2.93. The third-order valence-corrected chi connectivity index (χ3v) is 4.43. The maximum absolute atomic E-state index is 12.8. The zero-order valence-corrected chi connectivity index (χ0v) is 14.1. The number of nitrogens with zero attached hydrogens (tertiary/aromatic N) is 3. The molecule has 128 valence electrons. The number of hydrogen-bond acceptors (Lipinski definition) is 5. The molecular weight excluding hydrogens is 318 g/mol. The molecule has 1 amide bonds. The lowest BCUT2D eigenvalue weighted by Gasteiger charge is -2.07. The van der Waals surface area contributed by atoms with Crippen molar-refractivity contribution in [3.05, 3.63) is 53.0 Å². The summed E-state index contributed by atoms with van der Waals surface area (Å²) < 4.78 is 7.11. The molecule has 2 aromatic heterocycles. The first-order valence-corrected chi connectivity index (χ1v) is 8.17. The molecule has 7 heteroatoms. The number of aromatic nitrogens is 3. The van der Waals surface area contributed by atoms with E-state index in [1.54, 1.807) is 4.52 Å². The van der Waals surface area contributed by atoms with E-state index in [1.165, 1.54) is 6.33 Å². The molecule has 0 radical (unpaired) electrons. The minimum absolute atomic E-state index is 0.195. The smallest absolute Gasteiger partial charge is 0.258 e. The molecule has 0 fully saturated rings. The number of ether oxygens (including phenoxy) is 1. The minimum atomic E-state index is -0.232. The fourth-order valence-electron chi connectivity index (χ4n) is 3.12. The van der Waals surface area contributed by atoms with Gasteiger partial charge in [-0.05, 0) is 35.2 Å². The van der Waals surface area contributed by atoms with Crippen LogP contribution in [0.5, 0.6) is 0 Å². The van der Waals surface area contributed by atoms with Crippen molar-refractivity contribution in [2.24, 2.45) is 0 Å². The van der Waals surface area contributed by atoms with E-state index in [9.17, 15) is 4.79 Å². The number of carbonyl (C=O) groups is 1. The highest BCUT2D eigenvalue weighted by Gasteiger charge is 2.21. The highest BCUT2D eigenvalue weighted by molar-refractivity contribution is 6.10. The zero-order valence-electron chi connectivity index (χ0n) is 14.1. The SMILES string of the molecule is CC(C)c1cc(C(=O)Nc2ccc3c(c2)COC3)c2c(N)ncnn12. The van der Waals surface area contributed by atoms with Gasteiger partial charge in [-0.1, -0.05) is 19.9 Å². The highest BCUT2D eigenvalue weighted by Crippen LogP contribution is 2.27. The minimum Gasteiger partial charge on any atom is -0.382 e. The predicted molar refractivity (Wildman–Crippen MR) is 94.4 cm³/mol. The van der Waals surface area contributed by atoms with Gasteiger partial charge in [-0.25, -0.2) is 9.50 Å². The van der Waals surface area contributed by atoms with Crippen molar-refractivity contribution < 1.29 is 9.53 Å². The van der Waals surface area contributed by atoms with E-state index in [0.29, 0.717) is 24.3 Å². The second kappa shape index (κ2) is 5.86. The van der Waals surface area contributed by atoms with Crippen LogP contribution in [-0.2, 0) is 18.0 Å². The molecule has 0 spiro atoms. The molecule has 1 aliphatic heterocycles. The summed E-state index contributed by atoms with van der Waals surface area (Å²) in [6.45, 7) is 5.29. The van der Waals surface area contributed by atoms with Gasteiger partial charge in [-0.2, -0.15) is 5.10 Å². The van der Waals surface area contributed by atoms with Crippen molar-refractivity contribution in [3.63, 3.8) is 0 Å². The van der Waals surface area contributed by atoms with Crippen molar-refractivity contribution in [2.75, 3.05) is 11.1 Å². The van der Waals surface area contributed by atoms with Gasteiger partial charge in [0, 0.05) is 11.4 Å². The highest BCUT2D eigenvalue weighted by atomic mass is 16.5. The average molecular weight is 337 g/mol. The van der Waals surface area contributed by atoms with Crippen molar-refractivity contribution in [1.82, 2.24) is 14.6 Å². The van der Waals surface area contributed by atoms with Crippen molar-refractivity contribution in [1.29, 1.82) is 0 Å². The van der Waals surface area contributed by atoms with Crippen LogP contribution in [0.15, 0.2) is 30.6 Å². The largest absolute Gasteiger partial charge is 0.382 e. The number of nitrogens with two attached hydrogens (primary N) is 1. The number of hydrogen-bond donors (Lipinski definition) is 2. The maximum atomic E-state index is 12.8. The first kappa shape index (κ1) is 15.6. The van der Waals surface area contributed by atoms with Crippen LogP contribution >= 0.6 is 0 Å². The summed E-state index contributed by atoms with van der Waals surface area (Å²) in [5.41, 5.74) is 10.9. The number of amides is 1. The summed E-state index contributed by atoms with van der Waals surface area (Å²) in [7, 11) is 0. The molecule has 25 heavy (non-hydrogen) atoms.